The van der Waals surface area contributed by atoms with Gasteiger partial charge in [0.25, 0.3) is 0 Å². The molecule has 2 fully saturated rings. The van der Waals surface area contributed by atoms with Crippen molar-refractivity contribution in [3.05, 3.63) is 47.4 Å². The highest BCUT2D eigenvalue weighted by molar-refractivity contribution is 5.68. The third-order valence-electron chi connectivity index (χ3n) is 6.31. The van der Waals surface area contributed by atoms with Crippen LogP contribution < -0.4 is 4.74 Å². The van der Waals surface area contributed by atoms with Gasteiger partial charge < -0.3 is 14.2 Å². The van der Waals surface area contributed by atoms with E-state index in [-0.39, 0.29) is 12.0 Å². The molecule has 3 aliphatic rings. The van der Waals surface area contributed by atoms with Crippen LogP contribution in [0.15, 0.2) is 36.1 Å². The summed E-state index contributed by atoms with van der Waals surface area (Å²) < 4.78 is 19.1. The maximum Gasteiger partial charge on any atom is 0.318 e. The van der Waals surface area contributed by atoms with E-state index in [0.717, 1.165) is 56.1 Å². The molecule has 0 saturated carbocycles. The van der Waals surface area contributed by atoms with Gasteiger partial charge in [-0.3, -0.25) is 0 Å². The van der Waals surface area contributed by atoms with Gasteiger partial charge in [0.05, 0.1) is 24.1 Å². The Labute approximate surface area is 183 Å². The molecule has 3 unspecified atom stereocenters. The molecule has 0 radical (unpaired) electrons. The summed E-state index contributed by atoms with van der Waals surface area (Å²) in [7, 11) is 0. The fraction of sp³-hybridized carbons (Fsp3) is 0.542. The van der Waals surface area contributed by atoms with E-state index in [9.17, 15) is 0 Å². The zero-order valence-electron chi connectivity index (χ0n) is 18.3. The number of hydrogen-bond acceptors (Lipinski definition) is 6. The Morgan fingerprint density at radius 2 is 2.16 bits per heavy atom. The Morgan fingerprint density at radius 1 is 1.23 bits per heavy atom. The number of rotatable bonds is 6. The second kappa shape index (κ2) is 8.93. The van der Waals surface area contributed by atoms with E-state index in [1.165, 1.54) is 11.1 Å². The largest absolute Gasteiger partial charge is 0.461 e. The van der Waals surface area contributed by atoms with Gasteiger partial charge in [0.15, 0.2) is 5.82 Å². The molecule has 7 nitrogen and oxygen atoms in total. The molecule has 7 heteroatoms. The predicted molar refractivity (Wildman–Crippen MR) is 117 cm³/mol. The van der Waals surface area contributed by atoms with Crippen LogP contribution in [0.1, 0.15) is 56.8 Å². The molecule has 5 rings (SSSR count). The van der Waals surface area contributed by atoms with E-state index < -0.39 is 0 Å². The van der Waals surface area contributed by atoms with Gasteiger partial charge in [-0.05, 0) is 50.2 Å². The van der Waals surface area contributed by atoms with Crippen molar-refractivity contribution in [2.75, 3.05) is 26.4 Å². The first-order valence-corrected chi connectivity index (χ1v) is 11.3. The van der Waals surface area contributed by atoms with Gasteiger partial charge >= 0.3 is 6.01 Å². The number of nitrogens with zero attached hydrogens (tertiary/aromatic N) is 4. The van der Waals surface area contributed by atoms with Gasteiger partial charge in [-0.2, -0.15) is 15.1 Å². The van der Waals surface area contributed by atoms with Gasteiger partial charge in [0.2, 0.25) is 0 Å². The van der Waals surface area contributed by atoms with Crippen molar-refractivity contribution in [2.45, 2.75) is 51.6 Å². The molecule has 4 heterocycles. The highest BCUT2D eigenvalue weighted by Crippen LogP contribution is 2.31. The standard InChI is InChI=1S/C24H30N4O3/c1-16-5-6-17(2)20(12-16)21-7-9-28(27-21)23-13-22(18-8-11-29-14-18)25-24(26-23)31-15-19-4-3-10-30-19/h5,7,9,12-13,17-19H,3-4,6,8,10-11,14-15H2,1-2H3. The van der Waals surface area contributed by atoms with E-state index in [1.54, 1.807) is 0 Å². The molecule has 1 aliphatic carbocycles. The zero-order valence-corrected chi connectivity index (χ0v) is 18.3. The second-order valence-electron chi connectivity index (χ2n) is 8.77. The zero-order chi connectivity index (χ0) is 21.2. The van der Waals surface area contributed by atoms with Crippen LogP contribution in [-0.2, 0) is 9.47 Å². The molecule has 0 bridgehead atoms. The molecular weight excluding hydrogens is 392 g/mol. The molecule has 0 spiro atoms. The number of aromatic nitrogens is 4. The highest BCUT2D eigenvalue weighted by Gasteiger charge is 2.23. The highest BCUT2D eigenvalue weighted by atomic mass is 16.5. The minimum Gasteiger partial charge on any atom is -0.461 e. The maximum atomic E-state index is 5.96. The maximum absolute atomic E-state index is 5.96. The number of ether oxygens (including phenoxy) is 3. The van der Waals surface area contributed by atoms with Gasteiger partial charge in [-0.25, -0.2) is 4.68 Å². The molecule has 0 amide bonds. The van der Waals surface area contributed by atoms with Crippen LogP contribution >= 0.6 is 0 Å². The average molecular weight is 423 g/mol. The van der Waals surface area contributed by atoms with Crippen LogP contribution in [0.25, 0.3) is 11.4 Å². The van der Waals surface area contributed by atoms with Crippen molar-refractivity contribution in [1.82, 2.24) is 19.7 Å². The van der Waals surface area contributed by atoms with E-state index in [0.29, 0.717) is 25.1 Å². The van der Waals surface area contributed by atoms with E-state index in [1.807, 2.05) is 16.9 Å². The summed E-state index contributed by atoms with van der Waals surface area (Å²) in [6, 6.07) is 4.46. The molecule has 164 valence electrons. The van der Waals surface area contributed by atoms with E-state index >= 15 is 0 Å². The lowest BCUT2D eigenvalue weighted by Crippen LogP contribution is -2.18. The van der Waals surface area contributed by atoms with Gasteiger partial charge in [-0.1, -0.05) is 24.6 Å². The van der Waals surface area contributed by atoms with Crippen LogP contribution in [0, 0.1) is 5.92 Å². The van der Waals surface area contributed by atoms with Crippen LogP contribution in [-0.4, -0.2) is 52.3 Å². The first kappa shape index (κ1) is 20.4. The summed E-state index contributed by atoms with van der Waals surface area (Å²) in [5.74, 6) is 1.44. The quantitative estimate of drug-likeness (QED) is 0.698. The molecule has 2 saturated heterocycles. The SMILES string of the molecule is CC1=CCC(C)C(c2ccn(-c3cc(C4CCOC4)nc(OCC4CCCO4)n3)n2)=C1. The van der Waals surface area contributed by atoms with Crippen molar-refractivity contribution in [1.29, 1.82) is 0 Å². The molecule has 2 aliphatic heterocycles. The molecule has 0 aromatic carbocycles. The van der Waals surface area contributed by atoms with E-state index in [4.69, 9.17) is 24.3 Å². The van der Waals surface area contributed by atoms with Crippen molar-refractivity contribution >= 4 is 5.57 Å². The summed E-state index contributed by atoms with van der Waals surface area (Å²) in [5, 5.41) is 4.85. The van der Waals surface area contributed by atoms with Crippen LogP contribution in [0.3, 0.4) is 0 Å². The normalized spacial score (nSPS) is 26.1. The van der Waals surface area contributed by atoms with Crippen LogP contribution in [0.4, 0.5) is 0 Å². The summed E-state index contributed by atoms with van der Waals surface area (Å²) >= 11 is 0. The van der Waals surface area contributed by atoms with Crippen molar-refractivity contribution in [2.24, 2.45) is 5.92 Å². The first-order chi connectivity index (χ1) is 15.2. The lowest BCUT2D eigenvalue weighted by Gasteiger charge is -2.17. The Morgan fingerprint density at radius 3 is 2.97 bits per heavy atom. The Balaban J connectivity index is 1.43. The van der Waals surface area contributed by atoms with Crippen LogP contribution in [0.5, 0.6) is 6.01 Å². The van der Waals surface area contributed by atoms with Crippen LogP contribution in [0.2, 0.25) is 0 Å². The molecule has 2 aromatic rings. The Kier molecular flexibility index (Phi) is 5.87. The molecule has 0 N–H and O–H groups in total. The fourth-order valence-corrected chi connectivity index (χ4v) is 4.40. The minimum atomic E-state index is 0.123. The summed E-state index contributed by atoms with van der Waals surface area (Å²) in [5.41, 5.74) is 4.50. The first-order valence-electron chi connectivity index (χ1n) is 11.3. The summed E-state index contributed by atoms with van der Waals surface area (Å²) in [6.07, 6.45) is 10.7. The lowest BCUT2D eigenvalue weighted by molar-refractivity contribution is 0.0643. The number of hydrogen-bond donors (Lipinski definition) is 0. The summed E-state index contributed by atoms with van der Waals surface area (Å²) in [4.78, 5) is 9.36. The van der Waals surface area contributed by atoms with Crippen molar-refractivity contribution in [3.8, 4) is 11.8 Å². The smallest absolute Gasteiger partial charge is 0.318 e. The van der Waals surface area contributed by atoms with Gasteiger partial charge in [0, 0.05) is 31.4 Å². The Hall–Kier alpha value is -2.51. The molecule has 31 heavy (non-hydrogen) atoms. The summed E-state index contributed by atoms with van der Waals surface area (Å²) in [6.45, 7) is 7.11. The van der Waals surface area contributed by atoms with Gasteiger partial charge in [-0.15, -0.1) is 0 Å². The fourth-order valence-electron chi connectivity index (χ4n) is 4.40. The predicted octanol–water partition coefficient (Wildman–Crippen LogP) is 4.09. The molecule has 2 aromatic heterocycles. The molecule has 3 atom stereocenters. The monoisotopic (exact) mass is 422 g/mol. The second-order valence-corrected chi connectivity index (χ2v) is 8.77. The lowest BCUT2D eigenvalue weighted by atomic mass is 9.88. The van der Waals surface area contributed by atoms with Crippen molar-refractivity contribution < 1.29 is 14.2 Å². The average Bonchev–Trinajstić information content (AvgIpc) is 3.56. The third kappa shape index (κ3) is 4.57. The number of allylic oxidation sites excluding steroid dienone is 4. The topological polar surface area (TPSA) is 71.3 Å². The van der Waals surface area contributed by atoms with Crippen molar-refractivity contribution in [3.63, 3.8) is 0 Å². The van der Waals surface area contributed by atoms with Gasteiger partial charge in [0.1, 0.15) is 6.61 Å². The minimum absolute atomic E-state index is 0.123. The third-order valence-corrected chi connectivity index (χ3v) is 6.31. The van der Waals surface area contributed by atoms with E-state index in [2.05, 4.69) is 37.0 Å². The molecular formula is C24H30N4O3. The Bertz CT molecular complexity index is 984.